The number of halogens is 1. The third-order valence-electron chi connectivity index (χ3n) is 2.33. The molecule has 0 saturated carbocycles. The van der Waals surface area contributed by atoms with Crippen molar-refractivity contribution in [3.8, 4) is 6.07 Å². The topological polar surface area (TPSA) is 88.1 Å². The lowest BCUT2D eigenvalue weighted by atomic mass is 10.2. The Kier molecular flexibility index (Phi) is 5.24. The van der Waals surface area contributed by atoms with E-state index in [9.17, 15) is 9.18 Å². The molecule has 1 atom stereocenters. The van der Waals surface area contributed by atoms with Gasteiger partial charge in [-0.1, -0.05) is 0 Å². The van der Waals surface area contributed by atoms with Gasteiger partial charge in [0, 0.05) is 13.7 Å². The molecule has 0 aliphatic heterocycles. The van der Waals surface area contributed by atoms with E-state index >= 15 is 0 Å². The molecule has 3 N–H and O–H groups in total. The number of nitrogens with two attached hydrogens (primary N) is 1. The fraction of sp³-hybridized carbons (Fsp3) is 0.333. The van der Waals surface area contributed by atoms with Crippen molar-refractivity contribution in [2.24, 2.45) is 5.73 Å². The van der Waals surface area contributed by atoms with Crippen LogP contribution in [0.15, 0.2) is 18.2 Å². The van der Waals surface area contributed by atoms with Gasteiger partial charge in [-0.05, 0) is 24.6 Å². The Morgan fingerprint density at radius 2 is 2.39 bits per heavy atom. The van der Waals surface area contributed by atoms with Gasteiger partial charge in [-0.2, -0.15) is 5.26 Å². The Labute approximate surface area is 104 Å². The highest BCUT2D eigenvalue weighted by atomic mass is 19.1. The maximum atomic E-state index is 13.5. The molecule has 96 valence electrons. The Bertz CT molecular complexity index is 471. The molecule has 1 aromatic rings. The van der Waals surface area contributed by atoms with E-state index in [4.69, 9.17) is 15.7 Å². The monoisotopic (exact) mass is 251 g/mol. The second kappa shape index (κ2) is 6.69. The van der Waals surface area contributed by atoms with Gasteiger partial charge in [-0.15, -0.1) is 0 Å². The first-order valence-electron chi connectivity index (χ1n) is 5.33. The van der Waals surface area contributed by atoms with Crippen LogP contribution in [0.25, 0.3) is 0 Å². The molecule has 0 bridgehead atoms. The number of amides is 1. The maximum absolute atomic E-state index is 13.5. The number of carbonyl (C=O) groups excluding carboxylic acids is 1. The summed E-state index contributed by atoms with van der Waals surface area (Å²) in [7, 11) is 1.50. The highest BCUT2D eigenvalue weighted by Gasteiger charge is 2.15. The molecular formula is C12H14FN3O2. The van der Waals surface area contributed by atoms with Crippen LogP contribution in [0.5, 0.6) is 0 Å². The van der Waals surface area contributed by atoms with Crippen LogP contribution in [0.2, 0.25) is 0 Å². The molecule has 1 rings (SSSR count). The molecule has 0 aliphatic carbocycles. The first-order chi connectivity index (χ1) is 8.58. The van der Waals surface area contributed by atoms with E-state index in [2.05, 4.69) is 5.32 Å². The van der Waals surface area contributed by atoms with Crippen molar-refractivity contribution in [1.82, 2.24) is 0 Å². The fourth-order valence-electron chi connectivity index (χ4n) is 1.29. The average Bonchev–Trinajstić information content (AvgIpc) is 2.38. The van der Waals surface area contributed by atoms with Crippen LogP contribution in [0, 0.1) is 17.1 Å². The summed E-state index contributed by atoms with van der Waals surface area (Å²) in [5.41, 5.74) is 5.79. The predicted octanol–water partition coefficient (Wildman–Crippen LogP) is 1.000. The first kappa shape index (κ1) is 14.1. The number of rotatable bonds is 5. The molecular weight excluding hydrogens is 237 g/mol. The van der Waals surface area contributed by atoms with Crippen molar-refractivity contribution in [1.29, 1.82) is 5.26 Å². The molecule has 0 radical (unpaired) electrons. The normalized spacial score (nSPS) is 11.7. The minimum absolute atomic E-state index is 0.00636. The Hall–Kier alpha value is -1.97. The van der Waals surface area contributed by atoms with Crippen LogP contribution < -0.4 is 11.1 Å². The van der Waals surface area contributed by atoms with Crippen molar-refractivity contribution >= 4 is 11.6 Å². The lowest BCUT2D eigenvalue weighted by Crippen LogP contribution is -2.36. The summed E-state index contributed by atoms with van der Waals surface area (Å²) in [6.45, 7) is 0.352. The van der Waals surface area contributed by atoms with E-state index < -0.39 is 17.8 Å². The largest absolute Gasteiger partial charge is 0.385 e. The highest BCUT2D eigenvalue weighted by molar-refractivity contribution is 5.94. The Morgan fingerprint density at radius 3 is 2.94 bits per heavy atom. The van der Waals surface area contributed by atoms with Gasteiger partial charge in [0.05, 0.1) is 23.4 Å². The molecule has 5 nitrogen and oxygen atoms in total. The minimum atomic E-state index is -0.764. The van der Waals surface area contributed by atoms with Crippen molar-refractivity contribution < 1.29 is 13.9 Å². The zero-order chi connectivity index (χ0) is 13.5. The van der Waals surface area contributed by atoms with Crippen molar-refractivity contribution in [3.05, 3.63) is 29.6 Å². The molecule has 1 amide bonds. The molecule has 0 aliphatic rings. The quantitative estimate of drug-likeness (QED) is 0.817. The number of nitriles is 1. The number of carbonyl (C=O) groups is 1. The zero-order valence-electron chi connectivity index (χ0n) is 9.94. The number of hydrogen-bond donors (Lipinski definition) is 2. The second-order valence-electron chi connectivity index (χ2n) is 3.68. The van der Waals surface area contributed by atoms with Gasteiger partial charge in [0.2, 0.25) is 5.91 Å². The number of nitrogens with zero attached hydrogens (tertiary/aromatic N) is 1. The first-order valence-corrected chi connectivity index (χ1v) is 5.33. The van der Waals surface area contributed by atoms with E-state index in [1.165, 1.54) is 19.2 Å². The summed E-state index contributed by atoms with van der Waals surface area (Å²) in [6, 6.07) is 4.84. The van der Waals surface area contributed by atoms with Crippen LogP contribution >= 0.6 is 0 Å². The summed E-state index contributed by atoms with van der Waals surface area (Å²) in [4.78, 5) is 11.6. The van der Waals surface area contributed by atoms with Gasteiger partial charge in [-0.25, -0.2) is 4.39 Å². The van der Waals surface area contributed by atoms with Crippen LogP contribution in [-0.4, -0.2) is 25.7 Å². The van der Waals surface area contributed by atoms with Gasteiger partial charge < -0.3 is 15.8 Å². The second-order valence-corrected chi connectivity index (χ2v) is 3.68. The summed E-state index contributed by atoms with van der Waals surface area (Å²) in [6.07, 6.45) is 0.347. The zero-order valence-corrected chi connectivity index (χ0v) is 9.94. The smallest absolute Gasteiger partial charge is 0.241 e. The summed E-state index contributed by atoms with van der Waals surface area (Å²) in [5, 5.41) is 10.9. The number of methoxy groups -OCH3 is 1. The highest BCUT2D eigenvalue weighted by Crippen LogP contribution is 2.15. The molecule has 18 heavy (non-hydrogen) atoms. The molecule has 0 heterocycles. The molecule has 1 unspecified atom stereocenters. The van der Waals surface area contributed by atoms with Gasteiger partial charge in [0.15, 0.2) is 0 Å². The predicted molar refractivity (Wildman–Crippen MR) is 64.2 cm³/mol. The number of anilines is 1. The third-order valence-corrected chi connectivity index (χ3v) is 2.33. The summed E-state index contributed by atoms with van der Waals surface area (Å²) >= 11 is 0. The lowest BCUT2D eigenvalue weighted by Gasteiger charge is -2.12. The molecule has 0 fully saturated rings. The van der Waals surface area contributed by atoms with Gasteiger partial charge in [-0.3, -0.25) is 4.79 Å². The Morgan fingerprint density at radius 1 is 1.67 bits per heavy atom. The summed E-state index contributed by atoms with van der Waals surface area (Å²) in [5.74, 6) is -1.16. The average molecular weight is 251 g/mol. The van der Waals surface area contributed by atoms with E-state index in [0.717, 1.165) is 6.07 Å². The van der Waals surface area contributed by atoms with Crippen LogP contribution in [0.4, 0.5) is 10.1 Å². The van der Waals surface area contributed by atoms with Crippen LogP contribution in [0.3, 0.4) is 0 Å². The molecule has 0 spiro atoms. The van der Waals surface area contributed by atoms with Gasteiger partial charge in [0.25, 0.3) is 0 Å². The van der Waals surface area contributed by atoms with E-state index in [1.54, 1.807) is 6.07 Å². The molecule has 6 heteroatoms. The standard InChI is InChI=1S/C12H14FN3O2/c1-18-5-4-10(15)12(17)16-11-3-2-8(7-14)6-9(11)13/h2-3,6,10H,4-5,15H2,1H3,(H,16,17). The van der Waals surface area contributed by atoms with Crippen molar-refractivity contribution in [2.45, 2.75) is 12.5 Å². The van der Waals surface area contributed by atoms with Crippen molar-refractivity contribution in [2.75, 3.05) is 19.0 Å². The SMILES string of the molecule is COCCC(N)C(=O)Nc1ccc(C#N)cc1F. The summed E-state index contributed by atoms with van der Waals surface area (Å²) < 4.78 is 18.3. The van der Waals surface area contributed by atoms with Crippen LogP contribution in [-0.2, 0) is 9.53 Å². The van der Waals surface area contributed by atoms with E-state index in [1.807, 2.05) is 0 Å². The van der Waals surface area contributed by atoms with Crippen molar-refractivity contribution in [3.63, 3.8) is 0 Å². The number of hydrogen-bond acceptors (Lipinski definition) is 4. The molecule has 1 aromatic carbocycles. The number of benzene rings is 1. The van der Waals surface area contributed by atoms with E-state index in [-0.39, 0.29) is 11.3 Å². The molecule has 0 aromatic heterocycles. The lowest BCUT2D eigenvalue weighted by molar-refractivity contribution is -0.117. The maximum Gasteiger partial charge on any atom is 0.241 e. The number of nitrogens with one attached hydrogen (secondary N) is 1. The van der Waals surface area contributed by atoms with E-state index in [0.29, 0.717) is 13.0 Å². The fourth-order valence-corrected chi connectivity index (χ4v) is 1.29. The van der Waals surface area contributed by atoms with Gasteiger partial charge >= 0.3 is 0 Å². The van der Waals surface area contributed by atoms with Crippen LogP contribution in [0.1, 0.15) is 12.0 Å². The van der Waals surface area contributed by atoms with Gasteiger partial charge in [0.1, 0.15) is 5.82 Å². The number of ether oxygens (including phenoxy) is 1. The third kappa shape index (κ3) is 3.80. The Balaban J connectivity index is 2.67. The molecule has 0 saturated heterocycles. The minimum Gasteiger partial charge on any atom is -0.385 e.